The van der Waals surface area contributed by atoms with Gasteiger partial charge in [-0.1, -0.05) is 30.3 Å². The smallest absolute Gasteiger partial charge is 0.425 e. The van der Waals surface area contributed by atoms with E-state index in [1.807, 2.05) is 30.3 Å². The summed E-state index contributed by atoms with van der Waals surface area (Å²) in [6, 6.07) is 9.07. The number of nitrogens with zero attached hydrogens (tertiary/aromatic N) is 1. The summed E-state index contributed by atoms with van der Waals surface area (Å²) < 4.78 is 80.9. The Labute approximate surface area is 157 Å². The average molecular weight is 411 g/mol. The second-order valence-electron chi connectivity index (χ2n) is 7.21. The number of carbonyl (C=O) groups is 1. The van der Waals surface area contributed by atoms with Crippen LogP contribution in [0.15, 0.2) is 30.3 Å². The predicted molar refractivity (Wildman–Crippen MR) is 84.6 cm³/mol. The lowest BCUT2D eigenvalue weighted by Gasteiger charge is -2.35. The minimum Gasteiger partial charge on any atom is -0.461 e. The Hall–Kier alpha value is -1.81. The summed E-state index contributed by atoms with van der Waals surface area (Å²) in [5, 5.41) is 0.696. The lowest BCUT2D eigenvalue weighted by Crippen LogP contribution is -2.50. The highest BCUT2D eigenvalue weighted by Crippen LogP contribution is 2.60. The molecule has 1 atom stereocenters. The summed E-state index contributed by atoms with van der Waals surface area (Å²) in [5.74, 6) is -0.763. The molecule has 0 amide bonds. The molecule has 1 unspecified atom stereocenters. The van der Waals surface area contributed by atoms with Crippen molar-refractivity contribution in [1.82, 2.24) is 5.06 Å². The van der Waals surface area contributed by atoms with Crippen molar-refractivity contribution in [2.45, 2.75) is 44.3 Å². The molecule has 1 spiro atoms. The fourth-order valence-corrected chi connectivity index (χ4v) is 3.55. The van der Waals surface area contributed by atoms with Gasteiger partial charge in [0.15, 0.2) is 0 Å². The van der Waals surface area contributed by atoms with Crippen molar-refractivity contribution in [2.24, 2.45) is 11.3 Å². The zero-order valence-corrected chi connectivity index (χ0v) is 14.7. The minimum atomic E-state index is -5.54. The number of hydroxylamine groups is 2. The Balaban J connectivity index is 1.48. The predicted octanol–water partition coefficient (Wildman–Crippen LogP) is 4.26. The van der Waals surface area contributed by atoms with E-state index in [0.717, 1.165) is 5.56 Å². The average Bonchev–Trinajstić information content (AvgIpc) is 3.31. The van der Waals surface area contributed by atoms with Crippen molar-refractivity contribution in [3.05, 3.63) is 35.9 Å². The van der Waals surface area contributed by atoms with Crippen molar-refractivity contribution < 1.29 is 40.7 Å². The first kappa shape index (κ1) is 20.9. The topological polar surface area (TPSA) is 38.8 Å². The molecule has 1 aromatic carbocycles. The largest absolute Gasteiger partial charge is 0.461 e. The molecule has 1 saturated heterocycles. The summed E-state index contributed by atoms with van der Waals surface area (Å²) in [6.45, 7) is -0.0867. The highest BCUT2D eigenvalue weighted by molar-refractivity contribution is 5.77. The fraction of sp³-hybridized carbons (Fsp3) is 0.611. The Kier molecular flexibility index (Phi) is 5.64. The van der Waals surface area contributed by atoms with Gasteiger partial charge in [0, 0.05) is 13.1 Å². The number of halogens is 6. The molecule has 0 N–H and O–H groups in total. The fourth-order valence-electron chi connectivity index (χ4n) is 3.55. The van der Waals surface area contributed by atoms with Crippen LogP contribution in [0, 0.1) is 11.3 Å². The van der Waals surface area contributed by atoms with Crippen LogP contribution in [0.25, 0.3) is 0 Å². The van der Waals surface area contributed by atoms with Gasteiger partial charge in [-0.15, -0.1) is 0 Å². The molecule has 4 nitrogen and oxygen atoms in total. The van der Waals surface area contributed by atoms with Gasteiger partial charge in [-0.25, -0.2) is 0 Å². The molecular weight excluding hydrogens is 392 g/mol. The Morgan fingerprint density at radius 2 is 1.64 bits per heavy atom. The van der Waals surface area contributed by atoms with E-state index in [4.69, 9.17) is 4.74 Å². The number of piperidine rings is 1. The number of benzene rings is 1. The van der Waals surface area contributed by atoms with E-state index in [0.29, 0.717) is 11.5 Å². The first-order valence-electron chi connectivity index (χ1n) is 8.77. The zero-order chi connectivity index (χ0) is 20.6. The van der Waals surface area contributed by atoms with Gasteiger partial charge >= 0.3 is 18.3 Å². The molecule has 0 aromatic heterocycles. The molecule has 3 rings (SSSR count). The summed E-state index contributed by atoms with van der Waals surface area (Å²) in [6.07, 6.45) is -13.9. The first-order valence-corrected chi connectivity index (χ1v) is 8.77. The molecule has 1 aliphatic heterocycles. The van der Waals surface area contributed by atoms with Crippen molar-refractivity contribution in [3.8, 4) is 0 Å². The van der Waals surface area contributed by atoms with E-state index in [1.54, 1.807) is 0 Å². The summed E-state index contributed by atoms with van der Waals surface area (Å²) in [5.41, 5.74) is 0.415. The second-order valence-corrected chi connectivity index (χ2v) is 7.21. The summed E-state index contributed by atoms with van der Waals surface area (Å²) in [4.78, 5) is 16.4. The van der Waals surface area contributed by atoms with Gasteiger partial charge in [-0.05, 0) is 30.2 Å². The minimum absolute atomic E-state index is 0.106. The summed E-state index contributed by atoms with van der Waals surface area (Å²) in [7, 11) is 0. The van der Waals surface area contributed by atoms with E-state index >= 15 is 0 Å². The zero-order valence-electron chi connectivity index (χ0n) is 14.7. The van der Waals surface area contributed by atoms with Crippen molar-refractivity contribution in [1.29, 1.82) is 0 Å². The monoisotopic (exact) mass is 411 g/mol. The van der Waals surface area contributed by atoms with Gasteiger partial charge in [-0.3, -0.25) is 9.63 Å². The Morgan fingerprint density at radius 1 is 1.07 bits per heavy atom. The molecule has 0 radical (unpaired) electrons. The van der Waals surface area contributed by atoms with Gasteiger partial charge in [0.1, 0.15) is 6.61 Å². The third kappa shape index (κ3) is 4.78. The molecular formula is C18H19F6NO3. The van der Waals surface area contributed by atoms with E-state index in [2.05, 4.69) is 4.84 Å². The maximum Gasteiger partial charge on any atom is 0.425 e. The quantitative estimate of drug-likeness (QED) is 0.536. The van der Waals surface area contributed by atoms with Crippen LogP contribution in [-0.2, 0) is 21.0 Å². The molecule has 2 aliphatic rings. The van der Waals surface area contributed by atoms with Crippen molar-refractivity contribution in [3.63, 3.8) is 0 Å². The second kappa shape index (κ2) is 7.55. The third-order valence-electron chi connectivity index (χ3n) is 5.27. The van der Waals surface area contributed by atoms with E-state index < -0.39 is 23.9 Å². The van der Waals surface area contributed by atoms with Crippen LogP contribution in [0.4, 0.5) is 26.3 Å². The first-order chi connectivity index (χ1) is 13.0. The standard InChI is InChI=1S/C18H19F6NO3/c19-17(20,21)15(18(22,23)24)28-25-8-6-16(7-9-25)10-13(16)14(26)27-11-12-4-2-1-3-5-12/h1-5,13,15H,6-11H2. The van der Waals surface area contributed by atoms with Crippen LogP contribution < -0.4 is 0 Å². The molecule has 0 bridgehead atoms. The maximum absolute atomic E-state index is 12.6. The van der Waals surface area contributed by atoms with Gasteiger partial charge in [0.05, 0.1) is 5.92 Å². The molecule has 1 saturated carbocycles. The Bertz CT molecular complexity index is 669. The highest BCUT2D eigenvalue weighted by atomic mass is 19.4. The lowest BCUT2D eigenvalue weighted by atomic mass is 9.92. The van der Waals surface area contributed by atoms with Crippen LogP contribution in [-0.4, -0.2) is 42.6 Å². The van der Waals surface area contributed by atoms with Crippen LogP contribution in [0.3, 0.4) is 0 Å². The maximum atomic E-state index is 12.6. The number of hydrogen-bond donors (Lipinski definition) is 0. The molecule has 28 heavy (non-hydrogen) atoms. The molecule has 10 heteroatoms. The SMILES string of the molecule is O=C(OCc1ccccc1)C1CC12CCN(OC(C(F)(F)F)C(F)(F)F)CC2. The normalized spacial score (nSPS) is 22.5. The molecule has 2 fully saturated rings. The van der Waals surface area contributed by atoms with E-state index in [9.17, 15) is 31.1 Å². The van der Waals surface area contributed by atoms with Gasteiger partial charge in [-0.2, -0.15) is 31.4 Å². The number of ether oxygens (including phenoxy) is 1. The van der Waals surface area contributed by atoms with Crippen LogP contribution in [0.2, 0.25) is 0 Å². The molecule has 1 aliphatic carbocycles. The van der Waals surface area contributed by atoms with Gasteiger partial charge in [0.2, 0.25) is 0 Å². The van der Waals surface area contributed by atoms with E-state index in [1.165, 1.54) is 0 Å². The highest BCUT2D eigenvalue weighted by Gasteiger charge is 2.62. The van der Waals surface area contributed by atoms with E-state index in [-0.39, 0.29) is 44.4 Å². The molecule has 1 aromatic rings. The number of carbonyl (C=O) groups excluding carboxylic acids is 1. The van der Waals surface area contributed by atoms with Crippen LogP contribution in [0.1, 0.15) is 24.8 Å². The lowest BCUT2D eigenvalue weighted by molar-refractivity contribution is -0.378. The molecule has 156 valence electrons. The number of alkyl halides is 6. The van der Waals surface area contributed by atoms with Crippen molar-refractivity contribution >= 4 is 5.97 Å². The Morgan fingerprint density at radius 3 is 2.18 bits per heavy atom. The number of rotatable bonds is 5. The van der Waals surface area contributed by atoms with Gasteiger partial charge < -0.3 is 4.74 Å². The molecule has 1 heterocycles. The van der Waals surface area contributed by atoms with Crippen LogP contribution in [0.5, 0.6) is 0 Å². The van der Waals surface area contributed by atoms with Crippen LogP contribution >= 0.6 is 0 Å². The third-order valence-corrected chi connectivity index (χ3v) is 5.27. The summed E-state index contributed by atoms with van der Waals surface area (Å²) >= 11 is 0. The number of esters is 1. The number of hydrogen-bond acceptors (Lipinski definition) is 4. The van der Waals surface area contributed by atoms with Gasteiger partial charge in [0.25, 0.3) is 6.10 Å². The van der Waals surface area contributed by atoms with Crippen molar-refractivity contribution in [2.75, 3.05) is 13.1 Å².